The summed E-state index contributed by atoms with van der Waals surface area (Å²) in [5, 5.41) is 0. The first-order valence-electron chi connectivity index (χ1n) is 6.44. The summed E-state index contributed by atoms with van der Waals surface area (Å²) in [4.78, 5) is 6.94. The molecule has 0 saturated carbocycles. The molecule has 3 nitrogen and oxygen atoms in total. The van der Waals surface area contributed by atoms with Crippen LogP contribution in [-0.2, 0) is 11.3 Å². The van der Waals surface area contributed by atoms with E-state index in [1.54, 1.807) is 0 Å². The third-order valence-corrected chi connectivity index (χ3v) is 3.17. The SMILES string of the molecule is CC(C)c1ccc(CN2CCO[C@H](C)C2)cn1. The lowest BCUT2D eigenvalue weighted by Crippen LogP contribution is -2.40. The monoisotopic (exact) mass is 234 g/mol. The van der Waals surface area contributed by atoms with E-state index in [4.69, 9.17) is 4.74 Å². The molecule has 0 bridgehead atoms. The number of nitrogens with zero attached hydrogens (tertiary/aromatic N) is 2. The Morgan fingerprint density at radius 1 is 1.47 bits per heavy atom. The molecule has 1 aliphatic rings. The zero-order valence-corrected chi connectivity index (χ0v) is 11.0. The van der Waals surface area contributed by atoms with Crippen LogP contribution in [0.3, 0.4) is 0 Å². The summed E-state index contributed by atoms with van der Waals surface area (Å²) in [6, 6.07) is 4.34. The van der Waals surface area contributed by atoms with E-state index < -0.39 is 0 Å². The Kier molecular flexibility index (Phi) is 4.13. The van der Waals surface area contributed by atoms with Crippen LogP contribution in [0.4, 0.5) is 0 Å². The third-order valence-electron chi connectivity index (χ3n) is 3.17. The smallest absolute Gasteiger partial charge is 0.0674 e. The molecule has 3 heteroatoms. The number of morpholine rings is 1. The molecule has 1 atom stereocenters. The number of aromatic nitrogens is 1. The Bertz CT molecular complexity index is 348. The van der Waals surface area contributed by atoms with E-state index in [1.807, 2.05) is 6.20 Å². The van der Waals surface area contributed by atoms with Crippen molar-refractivity contribution in [3.63, 3.8) is 0 Å². The van der Waals surface area contributed by atoms with Gasteiger partial charge in [0.25, 0.3) is 0 Å². The molecule has 17 heavy (non-hydrogen) atoms. The molecule has 0 N–H and O–H groups in total. The quantitative estimate of drug-likeness (QED) is 0.803. The Morgan fingerprint density at radius 2 is 2.29 bits per heavy atom. The summed E-state index contributed by atoms with van der Waals surface area (Å²) < 4.78 is 5.54. The van der Waals surface area contributed by atoms with Gasteiger partial charge in [-0.3, -0.25) is 9.88 Å². The highest BCUT2D eigenvalue weighted by molar-refractivity contribution is 5.16. The van der Waals surface area contributed by atoms with Crippen LogP contribution in [0.25, 0.3) is 0 Å². The molecule has 2 rings (SSSR count). The summed E-state index contributed by atoms with van der Waals surface area (Å²) in [6.45, 7) is 10.4. The Balaban J connectivity index is 1.94. The maximum Gasteiger partial charge on any atom is 0.0674 e. The molecule has 1 aliphatic heterocycles. The van der Waals surface area contributed by atoms with Crippen LogP contribution < -0.4 is 0 Å². The molecule has 0 unspecified atom stereocenters. The minimum Gasteiger partial charge on any atom is -0.376 e. The average Bonchev–Trinajstić information content (AvgIpc) is 2.29. The number of rotatable bonds is 3. The molecule has 94 valence electrons. The van der Waals surface area contributed by atoms with Crippen molar-refractivity contribution in [2.75, 3.05) is 19.7 Å². The molecule has 0 amide bonds. The maximum atomic E-state index is 5.54. The number of hydrogen-bond acceptors (Lipinski definition) is 3. The van der Waals surface area contributed by atoms with E-state index in [1.165, 1.54) is 11.3 Å². The van der Waals surface area contributed by atoms with Gasteiger partial charge in [0.1, 0.15) is 0 Å². The molecule has 0 radical (unpaired) electrons. The Labute approximate surface area is 104 Å². The Morgan fingerprint density at radius 3 is 2.88 bits per heavy atom. The van der Waals surface area contributed by atoms with E-state index in [0.717, 1.165) is 26.2 Å². The predicted octanol–water partition coefficient (Wildman–Crippen LogP) is 2.43. The first-order valence-corrected chi connectivity index (χ1v) is 6.44. The van der Waals surface area contributed by atoms with Crippen LogP contribution >= 0.6 is 0 Å². The van der Waals surface area contributed by atoms with Gasteiger partial charge in [0.05, 0.1) is 12.7 Å². The Hall–Kier alpha value is -0.930. The van der Waals surface area contributed by atoms with Crippen molar-refractivity contribution in [1.29, 1.82) is 0 Å². The first kappa shape index (κ1) is 12.5. The van der Waals surface area contributed by atoms with E-state index in [0.29, 0.717) is 12.0 Å². The summed E-state index contributed by atoms with van der Waals surface area (Å²) in [5.41, 5.74) is 2.47. The molecular weight excluding hydrogens is 212 g/mol. The molecule has 0 aliphatic carbocycles. The second kappa shape index (κ2) is 5.61. The van der Waals surface area contributed by atoms with Gasteiger partial charge in [0.2, 0.25) is 0 Å². The molecule has 1 aromatic heterocycles. The number of ether oxygens (including phenoxy) is 1. The van der Waals surface area contributed by atoms with Gasteiger partial charge in [-0.05, 0) is 24.5 Å². The standard InChI is InChI=1S/C14H22N2O/c1-11(2)14-5-4-13(8-15-14)10-16-6-7-17-12(3)9-16/h4-5,8,11-12H,6-7,9-10H2,1-3H3/t12-/m1/s1. The summed E-state index contributed by atoms with van der Waals surface area (Å²) in [7, 11) is 0. The van der Waals surface area contributed by atoms with Crippen LogP contribution in [0.2, 0.25) is 0 Å². The van der Waals surface area contributed by atoms with Crippen molar-refractivity contribution in [1.82, 2.24) is 9.88 Å². The lowest BCUT2D eigenvalue weighted by atomic mass is 10.1. The lowest BCUT2D eigenvalue weighted by molar-refractivity contribution is -0.0212. The molecule has 1 saturated heterocycles. The van der Waals surface area contributed by atoms with Gasteiger partial charge < -0.3 is 4.74 Å². The normalized spacial score (nSPS) is 22.0. The van der Waals surface area contributed by atoms with Crippen molar-refractivity contribution < 1.29 is 4.74 Å². The van der Waals surface area contributed by atoms with Crippen molar-refractivity contribution in [2.45, 2.75) is 39.3 Å². The molecule has 1 fully saturated rings. The van der Waals surface area contributed by atoms with Gasteiger partial charge in [-0.2, -0.15) is 0 Å². The van der Waals surface area contributed by atoms with E-state index in [-0.39, 0.29) is 0 Å². The van der Waals surface area contributed by atoms with Crippen LogP contribution in [0.15, 0.2) is 18.3 Å². The van der Waals surface area contributed by atoms with Gasteiger partial charge in [0.15, 0.2) is 0 Å². The highest BCUT2D eigenvalue weighted by Gasteiger charge is 2.16. The fourth-order valence-electron chi connectivity index (χ4n) is 2.16. The van der Waals surface area contributed by atoms with Crippen LogP contribution in [0.5, 0.6) is 0 Å². The second-order valence-electron chi connectivity index (χ2n) is 5.16. The first-order chi connectivity index (χ1) is 8.15. The zero-order chi connectivity index (χ0) is 12.3. The van der Waals surface area contributed by atoms with Crippen molar-refractivity contribution in [2.24, 2.45) is 0 Å². The van der Waals surface area contributed by atoms with Crippen LogP contribution in [0.1, 0.15) is 37.9 Å². The lowest BCUT2D eigenvalue weighted by Gasteiger charge is -2.31. The largest absolute Gasteiger partial charge is 0.376 e. The van der Waals surface area contributed by atoms with Crippen LogP contribution in [0, 0.1) is 0 Å². The summed E-state index contributed by atoms with van der Waals surface area (Å²) >= 11 is 0. The third kappa shape index (κ3) is 3.51. The van der Waals surface area contributed by atoms with E-state index in [2.05, 4.69) is 42.8 Å². The minimum absolute atomic E-state index is 0.353. The highest BCUT2D eigenvalue weighted by atomic mass is 16.5. The van der Waals surface area contributed by atoms with E-state index >= 15 is 0 Å². The topological polar surface area (TPSA) is 25.4 Å². The van der Waals surface area contributed by atoms with Gasteiger partial charge in [0, 0.05) is 31.5 Å². The van der Waals surface area contributed by atoms with Crippen molar-refractivity contribution in [3.05, 3.63) is 29.6 Å². The average molecular weight is 234 g/mol. The molecule has 0 aromatic carbocycles. The van der Waals surface area contributed by atoms with Gasteiger partial charge in [-0.1, -0.05) is 19.9 Å². The second-order valence-corrected chi connectivity index (χ2v) is 5.16. The number of pyridine rings is 1. The van der Waals surface area contributed by atoms with Crippen molar-refractivity contribution >= 4 is 0 Å². The molecule has 2 heterocycles. The van der Waals surface area contributed by atoms with Crippen molar-refractivity contribution in [3.8, 4) is 0 Å². The predicted molar refractivity (Wildman–Crippen MR) is 69.0 cm³/mol. The van der Waals surface area contributed by atoms with Gasteiger partial charge >= 0.3 is 0 Å². The molecular formula is C14H22N2O. The minimum atomic E-state index is 0.353. The zero-order valence-electron chi connectivity index (χ0n) is 11.0. The summed E-state index contributed by atoms with van der Waals surface area (Å²) in [5.74, 6) is 0.507. The van der Waals surface area contributed by atoms with E-state index in [9.17, 15) is 0 Å². The van der Waals surface area contributed by atoms with Gasteiger partial charge in [-0.25, -0.2) is 0 Å². The fraction of sp³-hybridized carbons (Fsp3) is 0.643. The fourth-order valence-corrected chi connectivity index (χ4v) is 2.16. The number of hydrogen-bond donors (Lipinski definition) is 0. The van der Waals surface area contributed by atoms with Crippen LogP contribution in [-0.4, -0.2) is 35.7 Å². The molecule has 0 spiro atoms. The molecule has 1 aromatic rings. The van der Waals surface area contributed by atoms with Gasteiger partial charge in [-0.15, -0.1) is 0 Å². The maximum absolute atomic E-state index is 5.54. The summed E-state index contributed by atoms with van der Waals surface area (Å²) in [6.07, 6.45) is 2.36. The highest BCUT2D eigenvalue weighted by Crippen LogP contribution is 2.13.